The van der Waals surface area contributed by atoms with Gasteiger partial charge in [0.2, 0.25) is 5.91 Å². The van der Waals surface area contributed by atoms with Crippen molar-refractivity contribution in [3.05, 3.63) is 35.9 Å². The maximum absolute atomic E-state index is 12.9. The van der Waals surface area contributed by atoms with Gasteiger partial charge in [-0.2, -0.15) is 0 Å². The van der Waals surface area contributed by atoms with E-state index in [0.29, 0.717) is 26.1 Å². The lowest BCUT2D eigenvalue weighted by molar-refractivity contribution is -0.135. The first-order valence-corrected chi connectivity index (χ1v) is 8.35. The van der Waals surface area contributed by atoms with Gasteiger partial charge in [-0.1, -0.05) is 37.3 Å². The number of carbonyl (C=O) groups excluding carboxylic acids is 2. The van der Waals surface area contributed by atoms with Crippen LogP contribution in [-0.2, 0) is 16.0 Å². The van der Waals surface area contributed by atoms with Crippen molar-refractivity contribution in [3.63, 3.8) is 0 Å². The Morgan fingerprint density at radius 2 is 1.92 bits per heavy atom. The maximum atomic E-state index is 12.9. The van der Waals surface area contributed by atoms with E-state index in [1.165, 1.54) is 7.11 Å². The molecule has 1 unspecified atom stereocenters. The Morgan fingerprint density at radius 3 is 2.46 bits per heavy atom. The maximum Gasteiger partial charge on any atom is 0.407 e. The van der Waals surface area contributed by atoms with Crippen LogP contribution in [0.1, 0.15) is 25.3 Å². The van der Waals surface area contributed by atoms with Gasteiger partial charge in [-0.3, -0.25) is 4.79 Å². The second-order valence-corrected chi connectivity index (χ2v) is 6.72. The lowest BCUT2D eigenvalue weighted by Crippen LogP contribution is -2.53. The number of benzene rings is 1. The molecule has 0 saturated carbocycles. The normalized spacial score (nSPS) is 17.9. The van der Waals surface area contributed by atoms with Crippen molar-refractivity contribution in [2.24, 2.45) is 11.1 Å². The van der Waals surface area contributed by atoms with Crippen LogP contribution in [0.5, 0.6) is 0 Å². The third-order valence-electron chi connectivity index (χ3n) is 4.83. The van der Waals surface area contributed by atoms with Crippen molar-refractivity contribution in [2.45, 2.75) is 32.2 Å². The van der Waals surface area contributed by atoms with Crippen molar-refractivity contribution in [3.8, 4) is 0 Å². The summed E-state index contributed by atoms with van der Waals surface area (Å²) in [5.74, 6) is -0.0664. The van der Waals surface area contributed by atoms with E-state index in [1.54, 1.807) is 0 Å². The summed E-state index contributed by atoms with van der Waals surface area (Å²) in [6.07, 6.45) is 1.62. The highest BCUT2D eigenvalue weighted by Crippen LogP contribution is 2.29. The van der Waals surface area contributed by atoms with Gasteiger partial charge in [-0.15, -0.1) is 0 Å². The molecule has 1 aromatic rings. The lowest BCUT2D eigenvalue weighted by atomic mass is 9.80. The van der Waals surface area contributed by atoms with E-state index in [1.807, 2.05) is 35.2 Å². The van der Waals surface area contributed by atoms with Crippen LogP contribution in [0.2, 0.25) is 0 Å². The molecule has 1 fully saturated rings. The van der Waals surface area contributed by atoms with Gasteiger partial charge in [0.05, 0.1) is 7.11 Å². The third-order valence-corrected chi connectivity index (χ3v) is 4.83. The summed E-state index contributed by atoms with van der Waals surface area (Å²) in [5, 5.41) is 2.67. The second-order valence-electron chi connectivity index (χ2n) is 6.72. The Morgan fingerprint density at radius 1 is 1.29 bits per heavy atom. The minimum Gasteiger partial charge on any atom is -0.453 e. The smallest absolute Gasteiger partial charge is 0.407 e. The van der Waals surface area contributed by atoms with Gasteiger partial charge in [-0.25, -0.2) is 4.79 Å². The molecule has 1 atom stereocenters. The number of hydrogen-bond donors (Lipinski definition) is 2. The molecule has 24 heavy (non-hydrogen) atoms. The molecule has 1 aliphatic rings. The first-order chi connectivity index (χ1) is 11.5. The summed E-state index contributed by atoms with van der Waals surface area (Å²) in [5.41, 5.74) is 6.92. The van der Waals surface area contributed by atoms with Gasteiger partial charge in [0, 0.05) is 19.5 Å². The number of nitrogens with two attached hydrogens (primary N) is 1. The van der Waals surface area contributed by atoms with Crippen molar-refractivity contribution >= 4 is 12.0 Å². The molecule has 2 amide bonds. The predicted molar refractivity (Wildman–Crippen MR) is 92.5 cm³/mol. The molecular formula is C18H27N3O3. The van der Waals surface area contributed by atoms with Crippen LogP contribution in [-0.4, -0.2) is 49.7 Å². The second kappa shape index (κ2) is 8.15. The molecule has 6 heteroatoms. The van der Waals surface area contributed by atoms with Crippen LogP contribution >= 0.6 is 0 Å². The monoisotopic (exact) mass is 333 g/mol. The molecule has 3 N–H and O–H groups in total. The average Bonchev–Trinajstić information content (AvgIpc) is 2.62. The fraction of sp³-hybridized carbons (Fsp3) is 0.556. The van der Waals surface area contributed by atoms with E-state index in [-0.39, 0.29) is 11.3 Å². The molecule has 1 aromatic carbocycles. The predicted octanol–water partition coefficient (Wildman–Crippen LogP) is 1.54. The number of piperidine rings is 1. The van der Waals surface area contributed by atoms with E-state index in [9.17, 15) is 9.59 Å². The largest absolute Gasteiger partial charge is 0.453 e. The number of alkyl carbamates (subject to hydrolysis) is 1. The SMILES string of the molecule is COC(=O)NC(Cc1ccccc1)C(=O)N1CCC(C)(CN)CC1. The molecule has 0 aromatic heterocycles. The number of amides is 2. The minimum absolute atomic E-state index is 0.0664. The molecule has 1 heterocycles. The third kappa shape index (κ3) is 4.71. The first kappa shape index (κ1) is 18.3. The van der Waals surface area contributed by atoms with Gasteiger partial charge < -0.3 is 20.7 Å². The van der Waals surface area contributed by atoms with Crippen LogP contribution in [0.3, 0.4) is 0 Å². The summed E-state index contributed by atoms with van der Waals surface area (Å²) in [6, 6.07) is 9.03. The minimum atomic E-state index is -0.623. The Hall–Kier alpha value is -2.08. The molecule has 6 nitrogen and oxygen atoms in total. The van der Waals surface area contributed by atoms with Crippen molar-refractivity contribution in [1.29, 1.82) is 0 Å². The van der Waals surface area contributed by atoms with Crippen molar-refractivity contribution in [1.82, 2.24) is 10.2 Å². The van der Waals surface area contributed by atoms with Crippen LogP contribution in [0.4, 0.5) is 4.79 Å². The highest BCUT2D eigenvalue weighted by atomic mass is 16.5. The molecular weight excluding hydrogens is 306 g/mol. The highest BCUT2D eigenvalue weighted by molar-refractivity contribution is 5.86. The van der Waals surface area contributed by atoms with Crippen LogP contribution in [0, 0.1) is 5.41 Å². The van der Waals surface area contributed by atoms with Gasteiger partial charge in [-0.05, 0) is 30.4 Å². The number of hydrogen-bond acceptors (Lipinski definition) is 4. The fourth-order valence-electron chi connectivity index (χ4n) is 2.94. The summed E-state index contributed by atoms with van der Waals surface area (Å²) < 4.78 is 4.67. The van der Waals surface area contributed by atoms with Crippen LogP contribution in [0.25, 0.3) is 0 Å². The molecule has 132 valence electrons. The Balaban J connectivity index is 2.05. The Bertz CT molecular complexity index is 554. The van der Waals surface area contributed by atoms with E-state index >= 15 is 0 Å². The standard InChI is InChI=1S/C18H27N3O3/c1-18(13-19)8-10-21(11-9-18)16(22)15(20-17(23)24-2)12-14-6-4-3-5-7-14/h3-7,15H,8-13,19H2,1-2H3,(H,20,23). The van der Waals surface area contributed by atoms with Crippen LogP contribution in [0.15, 0.2) is 30.3 Å². The Labute approximate surface area is 143 Å². The number of likely N-dealkylation sites (tertiary alicyclic amines) is 1. The van der Waals surface area contributed by atoms with Crippen LogP contribution < -0.4 is 11.1 Å². The van der Waals surface area contributed by atoms with Gasteiger partial charge >= 0.3 is 6.09 Å². The van der Waals surface area contributed by atoms with E-state index in [4.69, 9.17) is 5.73 Å². The number of carbonyl (C=O) groups is 2. The molecule has 0 bridgehead atoms. The average molecular weight is 333 g/mol. The number of methoxy groups -OCH3 is 1. The fourth-order valence-corrected chi connectivity index (χ4v) is 2.94. The zero-order valence-electron chi connectivity index (χ0n) is 14.5. The Kier molecular flexibility index (Phi) is 6.20. The molecule has 1 aliphatic heterocycles. The first-order valence-electron chi connectivity index (χ1n) is 8.35. The van der Waals surface area contributed by atoms with E-state index < -0.39 is 12.1 Å². The molecule has 0 spiro atoms. The zero-order valence-corrected chi connectivity index (χ0v) is 14.5. The molecule has 0 radical (unpaired) electrons. The molecule has 0 aliphatic carbocycles. The topological polar surface area (TPSA) is 84.7 Å². The van der Waals surface area contributed by atoms with E-state index in [2.05, 4.69) is 17.0 Å². The molecule has 1 saturated heterocycles. The lowest BCUT2D eigenvalue weighted by Gasteiger charge is -2.39. The number of rotatable bonds is 5. The van der Waals surface area contributed by atoms with Gasteiger partial charge in [0.1, 0.15) is 6.04 Å². The highest BCUT2D eigenvalue weighted by Gasteiger charge is 2.33. The van der Waals surface area contributed by atoms with Crippen molar-refractivity contribution in [2.75, 3.05) is 26.7 Å². The number of ether oxygens (including phenoxy) is 1. The summed E-state index contributed by atoms with van der Waals surface area (Å²) in [6.45, 7) is 4.12. The number of nitrogens with zero attached hydrogens (tertiary/aromatic N) is 1. The van der Waals surface area contributed by atoms with Crippen molar-refractivity contribution < 1.29 is 14.3 Å². The summed E-state index contributed by atoms with van der Waals surface area (Å²) >= 11 is 0. The molecule has 2 rings (SSSR count). The zero-order chi connectivity index (χ0) is 17.6. The summed E-state index contributed by atoms with van der Waals surface area (Å²) in [4.78, 5) is 26.3. The van der Waals surface area contributed by atoms with Gasteiger partial charge in [0.15, 0.2) is 0 Å². The quantitative estimate of drug-likeness (QED) is 0.856. The summed E-state index contributed by atoms with van der Waals surface area (Å²) in [7, 11) is 1.30. The number of nitrogens with one attached hydrogen (secondary N) is 1. The van der Waals surface area contributed by atoms with Gasteiger partial charge in [0.25, 0.3) is 0 Å². The van der Waals surface area contributed by atoms with E-state index in [0.717, 1.165) is 18.4 Å².